The van der Waals surface area contributed by atoms with Gasteiger partial charge < -0.3 is 5.11 Å². The molecule has 0 heterocycles. The Morgan fingerprint density at radius 1 is 1.00 bits per heavy atom. The minimum Gasteiger partial charge on any atom is -0.507 e. The second kappa shape index (κ2) is 9.26. The van der Waals surface area contributed by atoms with Crippen molar-refractivity contribution in [3.63, 3.8) is 0 Å². The van der Waals surface area contributed by atoms with Crippen LogP contribution >= 0.6 is 0 Å². The van der Waals surface area contributed by atoms with Crippen LogP contribution in [0.5, 0.6) is 5.75 Å². The van der Waals surface area contributed by atoms with E-state index in [0.717, 1.165) is 30.5 Å². The number of rotatable bonds is 7. The van der Waals surface area contributed by atoms with Crippen molar-refractivity contribution in [2.24, 2.45) is 0 Å². The van der Waals surface area contributed by atoms with Crippen LogP contribution in [0.1, 0.15) is 50.9 Å². The molecule has 3 aromatic rings. The Morgan fingerprint density at radius 2 is 1.73 bits per heavy atom. The van der Waals surface area contributed by atoms with Crippen LogP contribution < -0.4 is 0 Å². The number of carbonyl (C=O) groups excluding carboxylic acids is 1. The molecule has 0 bridgehead atoms. The molecule has 1 aliphatic rings. The Balaban J connectivity index is 1.36. The van der Waals surface area contributed by atoms with Crippen molar-refractivity contribution < 1.29 is 23.1 Å². The summed E-state index contributed by atoms with van der Waals surface area (Å²) >= 11 is 0. The first-order valence-corrected chi connectivity index (χ1v) is 11.0. The third-order valence-electron chi connectivity index (χ3n) is 6.11. The third-order valence-corrected chi connectivity index (χ3v) is 6.11. The molecule has 33 heavy (non-hydrogen) atoms. The number of Topliss-reactive ketones (excluding diaryl/α,β-unsaturated/α-hetero) is 1. The summed E-state index contributed by atoms with van der Waals surface area (Å²) in [6, 6.07) is 16.2. The molecule has 2 nitrogen and oxygen atoms in total. The number of aromatic hydroxyl groups is 1. The molecule has 1 N–H and O–H groups in total. The fraction of sp³-hybridized carbons (Fsp3) is 0.250. The molecular weight excluding hydrogens is 425 g/mol. The first kappa shape index (κ1) is 22.8. The van der Waals surface area contributed by atoms with E-state index in [2.05, 4.69) is 42.5 Å². The lowest BCUT2D eigenvalue weighted by Crippen LogP contribution is -2.09. The number of aryl methyl sites for hydroxylation is 2. The molecule has 0 saturated carbocycles. The smallest absolute Gasteiger partial charge is 0.416 e. The van der Waals surface area contributed by atoms with Gasteiger partial charge in [0.25, 0.3) is 0 Å². The summed E-state index contributed by atoms with van der Waals surface area (Å²) in [7, 11) is 0. The van der Waals surface area contributed by atoms with Crippen LogP contribution in [0.2, 0.25) is 0 Å². The number of benzene rings is 3. The van der Waals surface area contributed by atoms with Gasteiger partial charge >= 0.3 is 6.18 Å². The second-order valence-corrected chi connectivity index (χ2v) is 8.60. The van der Waals surface area contributed by atoms with Crippen LogP contribution in [0.15, 0.2) is 60.7 Å². The van der Waals surface area contributed by atoms with E-state index in [0.29, 0.717) is 6.42 Å². The molecule has 1 aliphatic carbocycles. The van der Waals surface area contributed by atoms with Gasteiger partial charge in [0.15, 0.2) is 0 Å². The number of allylic oxidation sites excluding steroid dienone is 1. The molecule has 0 fully saturated rings. The van der Waals surface area contributed by atoms with Gasteiger partial charge in [-0.25, -0.2) is 0 Å². The predicted molar refractivity (Wildman–Crippen MR) is 123 cm³/mol. The molecule has 0 atom stereocenters. The van der Waals surface area contributed by atoms with Gasteiger partial charge in [-0.3, -0.25) is 4.79 Å². The number of phenols is 1. The Bertz CT molecular complexity index is 1210. The van der Waals surface area contributed by atoms with Gasteiger partial charge in [0.05, 0.1) is 5.56 Å². The highest BCUT2D eigenvalue weighted by Gasteiger charge is 2.32. The molecular formula is C28H25F3O2. The van der Waals surface area contributed by atoms with E-state index >= 15 is 0 Å². The highest BCUT2D eigenvalue weighted by molar-refractivity contribution is 5.82. The van der Waals surface area contributed by atoms with Crippen LogP contribution in [0.3, 0.4) is 0 Å². The molecule has 0 amide bonds. The number of halogens is 3. The van der Waals surface area contributed by atoms with Crippen molar-refractivity contribution in [1.82, 2.24) is 0 Å². The second-order valence-electron chi connectivity index (χ2n) is 8.60. The van der Waals surface area contributed by atoms with Gasteiger partial charge in [-0.05, 0) is 71.7 Å². The Labute approximate surface area is 191 Å². The highest BCUT2D eigenvalue weighted by atomic mass is 19.4. The fourth-order valence-electron chi connectivity index (χ4n) is 4.30. The zero-order valence-electron chi connectivity index (χ0n) is 18.4. The summed E-state index contributed by atoms with van der Waals surface area (Å²) in [5.74, 6) is -0.456. The molecule has 0 saturated heterocycles. The monoisotopic (exact) mass is 450 g/mol. The summed E-state index contributed by atoms with van der Waals surface area (Å²) < 4.78 is 39.2. The molecule has 0 aliphatic heterocycles. The predicted octanol–water partition coefficient (Wildman–Crippen LogP) is 6.62. The molecule has 0 spiro atoms. The lowest BCUT2D eigenvalue weighted by Gasteiger charge is -2.13. The summed E-state index contributed by atoms with van der Waals surface area (Å²) in [4.78, 5) is 12.4. The van der Waals surface area contributed by atoms with Gasteiger partial charge in [-0.1, -0.05) is 54.6 Å². The van der Waals surface area contributed by atoms with Crippen molar-refractivity contribution in [2.75, 3.05) is 0 Å². The van der Waals surface area contributed by atoms with Crippen LogP contribution in [0, 0.1) is 6.92 Å². The van der Waals surface area contributed by atoms with E-state index in [-0.39, 0.29) is 35.5 Å². The molecule has 0 aromatic heterocycles. The molecule has 3 aromatic carbocycles. The van der Waals surface area contributed by atoms with Crippen LogP contribution in [0.4, 0.5) is 13.2 Å². The van der Waals surface area contributed by atoms with Gasteiger partial charge in [0, 0.05) is 18.4 Å². The fourth-order valence-corrected chi connectivity index (χ4v) is 4.30. The number of ketones is 1. The maximum atomic E-state index is 13.1. The van der Waals surface area contributed by atoms with Crippen LogP contribution in [-0.4, -0.2) is 10.9 Å². The van der Waals surface area contributed by atoms with E-state index in [1.807, 2.05) is 12.1 Å². The number of fused-ring (bicyclic) bond motifs is 1. The molecule has 0 unspecified atom stereocenters. The van der Waals surface area contributed by atoms with Gasteiger partial charge in [0.2, 0.25) is 0 Å². The Kier molecular flexibility index (Phi) is 6.41. The minimum absolute atomic E-state index is 0.0205. The molecule has 0 radical (unpaired) electrons. The molecule has 4 rings (SSSR count). The van der Waals surface area contributed by atoms with E-state index in [4.69, 9.17) is 0 Å². The Hall–Kier alpha value is -3.34. The van der Waals surface area contributed by atoms with Crippen LogP contribution in [-0.2, 0) is 36.7 Å². The molecule has 170 valence electrons. The van der Waals surface area contributed by atoms with E-state index in [1.165, 1.54) is 29.2 Å². The first-order valence-electron chi connectivity index (χ1n) is 11.0. The summed E-state index contributed by atoms with van der Waals surface area (Å²) in [6.07, 6.45) is 2.12. The van der Waals surface area contributed by atoms with Gasteiger partial charge in [-0.15, -0.1) is 0 Å². The number of alkyl halides is 3. The minimum atomic E-state index is -4.52. The quantitative estimate of drug-likeness (QED) is 0.439. The van der Waals surface area contributed by atoms with Gasteiger partial charge in [-0.2, -0.15) is 13.2 Å². The maximum absolute atomic E-state index is 13.1. The summed E-state index contributed by atoms with van der Waals surface area (Å²) in [6.45, 7) is 1.40. The SMILES string of the molecule is Cc1cc(C(F)(F)F)cc(CC(=O)CCc2ccc(Cc3cccc4c3C=CC4)cc2)c1O. The largest absolute Gasteiger partial charge is 0.507 e. The standard InChI is InChI=1S/C28H25F3O2/c1-18-14-24(28(29,30)31)16-23(27(18)33)17-25(32)13-12-19-8-10-20(11-9-19)15-22-6-2-4-21-5-3-7-26(21)22/h2-4,6-11,14,16,33H,5,12-13,15,17H2,1H3. The van der Waals surface area contributed by atoms with Crippen molar-refractivity contribution in [2.45, 2.75) is 45.2 Å². The lowest BCUT2D eigenvalue weighted by atomic mass is 9.95. The first-order chi connectivity index (χ1) is 15.7. The molecule has 5 heteroatoms. The van der Waals surface area contributed by atoms with Crippen molar-refractivity contribution in [1.29, 1.82) is 0 Å². The van der Waals surface area contributed by atoms with Crippen molar-refractivity contribution >= 4 is 11.9 Å². The number of hydrogen-bond donors (Lipinski definition) is 1. The number of carbonyl (C=O) groups is 1. The normalized spacial score (nSPS) is 12.7. The maximum Gasteiger partial charge on any atom is 0.416 e. The van der Waals surface area contributed by atoms with Gasteiger partial charge in [0.1, 0.15) is 11.5 Å². The zero-order chi connectivity index (χ0) is 23.6. The Morgan fingerprint density at radius 3 is 2.45 bits per heavy atom. The van der Waals surface area contributed by atoms with Crippen molar-refractivity contribution in [3.05, 3.63) is 105 Å². The summed E-state index contributed by atoms with van der Waals surface area (Å²) in [5, 5.41) is 10.1. The summed E-state index contributed by atoms with van der Waals surface area (Å²) in [5.41, 5.74) is 5.41. The third kappa shape index (κ3) is 5.36. The number of phenolic OH excluding ortho intramolecular Hbond substituents is 1. The highest BCUT2D eigenvalue weighted by Crippen LogP contribution is 2.35. The van der Waals surface area contributed by atoms with E-state index in [9.17, 15) is 23.1 Å². The van der Waals surface area contributed by atoms with E-state index in [1.54, 1.807) is 0 Å². The van der Waals surface area contributed by atoms with Crippen LogP contribution in [0.25, 0.3) is 6.08 Å². The average Bonchev–Trinajstić information content (AvgIpc) is 3.25. The topological polar surface area (TPSA) is 37.3 Å². The number of hydrogen-bond acceptors (Lipinski definition) is 2. The lowest BCUT2D eigenvalue weighted by molar-refractivity contribution is -0.137. The van der Waals surface area contributed by atoms with Crippen molar-refractivity contribution in [3.8, 4) is 5.75 Å². The average molecular weight is 451 g/mol. The zero-order valence-corrected chi connectivity index (χ0v) is 18.4. The van der Waals surface area contributed by atoms with E-state index < -0.39 is 11.7 Å².